The molecule has 1 aliphatic rings. The summed E-state index contributed by atoms with van der Waals surface area (Å²) in [5.74, 6) is 1.53. The second kappa shape index (κ2) is 5.22. The Bertz CT molecular complexity index is 374. The van der Waals surface area contributed by atoms with Crippen LogP contribution >= 0.6 is 0 Å². The molecule has 1 aromatic heterocycles. The summed E-state index contributed by atoms with van der Waals surface area (Å²) in [5, 5.41) is 8.71. The molecule has 0 atom stereocenters. The van der Waals surface area contributed by atoms with Gasteiger partial charge in [-0.25, -0.2) is 0 Å². The molecular weight excluding hydrogens is 224 g/mol. The van der Waals surface area contributed by atoms with E-state index >= 15 is 0 Å². The number of nitrogens with two attached hydrogens (primary N) is 1. The van der Waals surface area contributed by atoms with Crippen LogP contribution in [0.5, 0.6) is 0 Å². The molecule has 2 rings (SSSR count). The van der Waals surface area contributed by atoms with Crippen molar-refractivity contribution in [3.8, 4) is 0 Å². The van der Waals surface area contributed by atoms with E-state index in [1.807, 2.05) is 20.9 Å². The van der Waals surface area contributed by atoms with Crippen LogP contribution in [-0.2, 0) is 0 Å². The number of rotatable bonds is 4. The van der Waals surface area contributed by atoms with Gasteiger partial charge in [0.25, 0.3) is 0 Å². The van der Waals surface area contributed by atoms with E-state index in [2.05, 4.69) is 27.2 Å². The third-order valence-electron chi connectivity index (χ3n) is 3.48. The Labute approximate surface area is 110 Å². The molecule has 0 unspecified atom stereocenters. The van der Waals surface area contributed by atoms with Crippen molar-refractivity contribution >= 4 is 5.82 Å². The van der Waals surface area contributed by atoms with Gasteiger partial charge >= 0.3 is 0 Å². The van der Waals surface area contributed by atoms with E-state index in [-0.39, 0.29) is 5.54 Å². The minimum absolute atomic E-state index is 0.222. The predicted octanol–water partition coefficient (Wildman–Crippen LogP) is 2.31. The molecule has 0 amide bonds. The van der Waals surface area contributed by atoms with Gasteiger partial charge in [-0.15, -0.1) is 5.10 Å². The van der Waals surface area contributed by atoms with Crippen LogP contribution in [0.15, 0.2) is 12.1 Å². The van der Waals surface area contributed by atoms with E-state index in [0.717, 1.165) is 18.1 Å². The van der Waals surface area contributed by atoms with Crippen molar-refractivity contribution in [3.05, 3.63) is 17.8 Å². The van der Waals surface area contributed by atoms with Gasteiger partial charge in [-0.1, -0.05) is 12.8 Å². The van der Waals surface area contributed by atoms with Crippen molar-refractivity contribution in [3.63, 3.8) is 0 Å². The summed E-state index contributed by atoms with van der Waals surface area (Å²) in [4.78, 5) is 2.06. The minimum atomic E-state index is -0.222. The second-order valence-corrected chi connectivity index (χ2v) is 6.14. The molecule has 0 spiro atoms. The molecule has 0 radical (unpaired) electrons. The lowest BCUT2D eigenvalue weighted by molar-refractivity contribution is 0.516. The van der Waals surface area contributed by atoms with Crippen LogP contribution in [0.4, 0.5) is 5.82 Å². The van der Waals surface area contributed by atoms with E-state index in [1.165, 1.54) is 25.7 Å². The lowest BCUT2D eigenvalue weighted by Gasteiger charge is -2.27. The zero-order chi connectivity index (χ0) is 13.2. The van der Waals surface area contributed by atoms with Crippen molar-refractivity contribution < 1.29 is 0 Å². The summed E-state index contributed by atoms with van der Waals surface area (Å²) in [6.45, 7) is 4.80. The fourth-order valence-corrected chi connectivity index (χ4v) is 2.67. The average Bonchev–Trinajstić information content (AvgIpc) is 2.80. The highest BCUT2D eigenvalue weighted by molar-refractivity contribution is 5.37. The fourth-order valence-electron chi connectivity index (χ4n) is 2.67. The molecule has 1 heterocycles. The Balaban J connectivity index is 2.02. The third kappa shape index (κ3) is 3.42. The Morgan fingerprint density at radius 2 is 1.94 bits per heavy atom. The number of nitrogens with zero attached hydrogens (tertiary/aromatic N) is 3. The van der Waals surface area contributed by atoms with Gasteiger partial charge in [0.1, 0.15) is 0 Å². The molecule has 2 N–H and O–H groups in total. The summed E-state index contributed by atoms with van der Waals surface area (Å²) >= 11 is 0. The Morgan fingerprint density at radius 3 is 2.44 bits per heavy atom. The number of aromatic nitrogens is 2. The summed E-state index contributed by atoms with van der Waals surface area (Å²) in [5.41, 5.74) is 6.94. The molecular formula is C14H24N4. The Kier molecular flexibility index (Phi) is 3.85. The standard InChI is InChI=1S/C14H24N4/c1-14(2,15)10-18(3)13-9-8-12(16-17-13)11-6-4-5-7-11/h8-9,11H,4-7,10,15H2,1-3H3. The van der Waals surface area contributed by atoms with Gasteiger partial charge in [0.2, 0.25) is 0 Å². The molecule has 4 nitrogen and oxygen atoms in total. The van der Waals surface area contributed by atoms with Gasteiger partial charge in [0.05, 0.1) is 5.69 Å². The number of anilines is 1. The lowest BCUT2D eigenvalue weighted by Crippen LogP contribution is -2.44. The fraction of sp³-hybridized carbons (Fsp3) is 0.714. The highest BCUT2D eigenvalue weighted by atomic mass is 15.3. The van der Waals surface area contributed by atoms with E-state index in [0.29, 0.717) is 5.92 Å². The van der Waals surface area contributed by atoms with Crippen molar-refractivity contribution in [1.29, 1.82) is 0 Å². The minimum Gasteiger partial charge on any atom is -0.356 e. The molecule has 1 aromatic rings. The third-order valence-corrected chi connectivity index (χ3v) is 3.48. The van der Waals surface area contributed by atoms with Crippen LogP contribution in [0.1, 0.15) is 51.1 Å². The van der Waals surface area contributed by atoms with E-state index in [1.54, 1.807) is 0 Å². The van der Waals surface area contributed by atoms with Gasteiger partial charge in [0.15, 0.2) is 5.82 Å². The van der Waals surface area contributed by atoms with Crippen LogP contribution in [-0.4, -0.2) is 29.3 Å². The van der Waals surface area contributed by atoms with Crippen LogP contribution in [0.2, 0.25) is 0 Å². The Morgan fingerprint density at radius 1 is 1.28 bits per heavy atom. The van der Waals surface area contributed by atoms with Crippen LogP contribution < -0.4 is 10.6 Å². The first kappa shape index (κ1) is 13.3. The molecule has 0 aromatic carbocycles. The largest absolute Gasteiger partial charge is 0.356 e. The SMILES string of the molecule is CN(CC(C)(C)N)c1ccc(C2CCCC2)nn1. The zero-order valence-corrected chi connectivity index (χ0v) is 11.7. The van der Waals surface area contributed by atoms with Gasteiger partial charge in [0, 0.05) is 25.0 Å². The number of hydrogen-bond donors (Lipinski definition) is 1. The van der Waals surface area contributed by atoms with Gasteiger partial charge in [-0.05, 0) is 38.8 Å². The highest BCUT2D eigenvalue weighted by Gasteiger charge is 2.19. The van der Waals surface area contributed by atoms with Crippen molar-refractivity contribution in [2.24, 2.45) is 5.73 Å². The summed E-state index contributed by atoms with van der Waals surface area (Å²) < 4.78 is 0. The summed E-state index contributed by atoms with van der Waals surface area (Å²) in [6, 6.07) is 4.19. The first-order valence-electron chi connectivity index (χ1n) is 6.79. The number of hydrogen-bond acceptors (Lipinski definition) is 4. The summed E-state index contributed by atoms with van der Waals surface area (Å²) in [6.07, 6.45) is 5.18. The molecule has 4 heteroatoms. The quantitative estimate of drug-likeness (QED) is 0.888. The molecule has 0 saturated heterocycles. The maximum atomic E-state index is 6.01. The molecule has 1 aliphatic carbocycles. The van der Waals surface area contributed by atoms with Gasteiger partial charge in [-0.2, -0.15) is 5.10 Å². The highest BCUT2D eigenvalue weighted by Crippen LogP contribution is 2.32. The molecule has 0 aliphatic heterocycles. The first-order valence-corrected chi connectivity index (χ1v) is 6.79. The van der Waals surface area contributed by atoms with E-state index in [9.17, 15) is 0 Å². The van der Waals surface area contributed by atoms with Crippen molar-refractivity contribution in [2.75, 3.05) is 18.5 Å². The molecule has 100 valence electrons. The van der Waals surface area contributed by atoms with E-state index in [4.69, 9.17) is 5.73 Å². The predicted molar refractivity (Wildman–Crippen MR) is 74.8 cm³/mol. The second-order valence-electron chi connectivity index (χ2n) is 6.14. The smallest absolute Gasteiger partial charge is 0.151 e. The first-order chi connectivity index (χ1) is 8.46. The molecule has 0 bridgehead atoms. The van der Waals surface area contributed by atoms with Crippen LogP contribution in [0, 0.1) is 0 Å². The molecule has 1 fully saturated rings. The number of likely N-dealkylation sites (N-methyl/N-ethyl adjacent to an activating group) is 1. The van der Waals surface area contributed by atoms with Crippen LogP contribution in [0.3, 0.4) is 0 Å². The maximum absolute atomic E-state index is 6.01. The Hall–Kier alpha value is -1.16. The van der Waals surface area contributed by atoms with Crippen LogP contribution in [0.25, 0.3) is 0 Å². The van der Waals surface area contributed by atoms with Crippen molar-refractivity contribution in [1.82, 2.24) is 10.2 Å². The molecule has 18 heavy (non-hydrogen) atoms. The lowest BCUT2D eigenvalue weighted by atomic mass is 10.0. The molecule has 1 saturated carbocycles. The van der Waals surface area contributed by atoms with Gasteiger partial charge in [-0.3, -0.25) is 0 Å². The van der Waals surface area contributed by atoms with Gasteiger partial charge < -0.3 is 10.6 Å². The van der Waals surface area contributed by atoms with Crippen molar-refractivity contribution in [2.45, 2.75) is 51.0 Å². The maximum Gasteiger partial charge on any atom is 0.151 e. The zero-order valence-electron chi connectivity index (χ0n) is 11.7. The average molecular weight is 248 g/mol. The van der Waals surface area contributed by atoms with E-state index < -0.39 is 0 Å². The summed E-state index contributed by atoms with van der Waals surface area (Å²) in [7, 11) is 2.01. The topological polar surface area (TPSA) is 55.0 Å². The normalized spacial score (nSPS) is 17.1. The monoisotopic (exact) mass is 248 g/mol.